The van der Waals surface area contributed by atoms with Crippen LogP contribution in [0.2, 0.25) is 0 Å². The third-order valence-electron chi connectivity index (χ3n) is 1.81. The fourth-order valence-corrected chi connectivity index (χ4v) is 1.28. The van der Waals surface area contributed by atoms with Gasteiger partial charge in [-0.05, 0) is 12.1 Å². The molecule has 1 aromatic carbocycles. The molecule has 0 aliphatic rings. The number of benzene rings is 1. The van der Waals surface area contributed by atoms with Crippen molar-refractivity contribution in [3.05, 3.63) is 42.0 Å². The average Bonchev–Trinajstić information content (AvgIpc) is 2.61. The van der Waals surface area contributed by atoms with Crippen molar-refractivity contribution in [2.45, 2.75) is 5.88 Å². The molecule has 0 aliphatic carbocycles. The summed E-state index contributed by atoms with van der Waals surface area (Å²) in [6.45, 7) is 0. The first-order valence-electron chi connectivity index (χ1n) is 4.04. The summed E-state index contributed by atoms with van der Waals surface area (Å²) in [6, 6.07) is 8.94. The van der Waals surface area contributed by atoms with Crippen molar-refractivity contribution in [2.75, 3.05) is 0 Å². The Bertz CT molecular complexity index is 427. The maximum Gasteiger partial charge on any atom is 0.240 e. The van der Waals surface area contributed by atoms with Gasteiger partial charge in [-0.3, -0.25) is 0 Å². The Morgan fingerprint density at radius 1 is 1.29 bits per heavy atom. The second-order valence-corrected chi connectivity index (χ2v) is 2.98. The van der Waals surface area contributed by atoms with Crippen LogP contribution in [0.1, 0.15) is 5.69 Å². The predicted molar refractivity (Wildman–Crippen MR) is 50.9 cm³/mol. The van der Waals surface area contributed by atoms with Crippen LogP contribution < -0.4 is 0 Å². The van der Waals surface area contributed by atoms with Crippen LogP contribution in [-0.2, 0) is 5.88 Å². The molecule has 0 radical (unpaired) electrons. The van der Waals surface area contributed by atoms with Crippen LogP contribution >= 0.6 is 11.6 Å². The lowest BCUT2D eigenvalue weighted by molar-refractivity contribution is 0.529. The number of halogens is 2. The van der Waals surface area contributed by atoms with Crippen molar-refractivity contribution in [1.82, 2.24) is 15.0 Å². The Hall–Kier alpha value is -1.42. The largest absolute Gasteiger partial charge is 0.240 e. The Labute approximate surface area is 85.1 Å². The zero-order valence-electron chi connectivity index (χ0n) is 7.19. The fourth-order valence-electron chi connectivity index (χ4n) is 1.12. The molecule has 1 aromatic heterocycles. The van der Waals surface area contributed by atoms with Gasteiger partial charge >= 0.3 is 0 Å². The van der Waals surface area contributed by atoms with Crippen molar-refractivity contribution in [2.24, 2.45) is 0 Å². The third-order valence-corrected chi connectivity index (χ3v) is 2.06. The molecule has 0 atom stereocenters. The summed E-state index contributed by atoms with van der Waals surface area (Å²) in [5.41, 5.74) is 0.796. The van der Waals surface area contributed by atoms with Crippen LogP contribution in [0.4, 0.5) is 4.39 Å². The standard InChI is InChI=1S/C9H7ClFN3/c10-6-8-9(11)14(13-12-8)7-4-2-1-3-5-7/h1-5H,6H2. The van der Waals surface area contributed by atoms with Crippen LogP contribution in [0.25, 0.3) is 5.69 Å². The molecule has 14 heavy (non-hydrogen) atoms. The van der Waals surface area contributed by atoms with Gasteiger partial charge < -0.3 is 0 Å². The van der Waals surface area contributed by atoms with Crippen LogP contribution in [0, 0.1) is 5.95 Å². The third kappa shape index (κ3) is 1.48. The van der Waals surface area contributed by atoms with Crippen LogP contribution in [0.15, 0.2) is 30.3 Å². The lowest BCUT2D eigenvalue weighted by Crippen LogP contribution is -1.99. The minimum atomic E-state index is -0.508. The normalized spacial score (nSPS) is 10.4. The highest BCUT2D eigenvalue weighted by molar-refractivity contribution is 6.16. The summed E-state index contributed by atoms with van der Waals surface area (Å²) in [5, 5.41) is 7.28. The summed E-state index contributed by atoms with van der Waals surface area (Å²) in [5.74, 6) is -0.482. The molecule has 5 heteroatoms. The van der Waals surface area contributed by atoms with Crippen molar-refractivity contribution in [3.63, 3.8) is 0 Å². The predicted octanol–water partition coefficient (Wildman–Crippen LogP) is 2.15. The highest BCUT2D eigenvalue weighted by Crippen LogP contribution is 2.11. The Morgan fingerprint density at radius 2 is 2.00 bits per heavy atom. The van der Waals surface area contributed by atoms with Gasteiger partial charge in [-0.2, -0.15) is 9.07 Å². The first-order valence-corrected chi connectivity index (χ1v) is 4.58. The van der Waals surface area contributed by atoms with Gasteiger partial charge in [0.05, 0.1) is 11.6 Å². The molecule has 0 aliphatic heterocycles. The topological polar surface area (TPSA) is 30.7 Å². The van der Waals surface area contributed by atoms with Crippen molar-refractivity contribution in [3.8, 4) is 5.69 Å². The number of hydrogen-bond acceptors (Lipinski definition) is 2. The van der Waals surface area contributed by atoms with Gasteiger partial charge in [-0.25, -0.2) is 0 Å². The van der Waals surface area contributed by atoms with Gasteiger partial charge in [0, 0.05) is 0 Å². The first kappa shape index (κ1) is 9.15. The minimum absolute atomic E-state index is 0.0265. The van der Waals surface area contributed by atoms with E-state index in [0.717, 1.165) is 4.68 Å². The molecule has 0 N–H and O–H groups in total. The molecule has 0 bridgehead atoms. The maximum atomic E-state index is 13.5. The lowest BCUT2D eigenvalue weighted by Gasteiger charge is -1.98. The Kier molecular flexibility index (Phi) is 2.45. The van der Waals surface area contributed by atoms with Gasteiger partial charge in [0.15, 0.2) is 0 Å². The summed E-state index contributed by atoms with van der Waals surface area (Å²) in [4.78, 5) is 0. The van der Waals surface area contributed by atoms with E-state index in [1.165, 1.54) is 0 Å². The molecule has 2 rings (SSSR count). The molecular formula is C9H7ClFN3. The van der Waals surface area contributed by atoms with Gasteiger partial charge in [0.1, 0.15) is 5.69 Å². The average molecular weight is 212 g/mol. The van der Waals surface area contributed by atoms with E-state index in [1.807, 2.05) is 6.07 Å². The molecule has 3 nitrogen and oxygen atoms in total. The van der Waals surface area contributed by atoms with E-state index in [-0.39, 0.29) is 11.6 Å². The molecule has 0 saturated carbocycles. The van der Waals surface area contributed by atoms with Gasteiger partial charge in [0.2, 0.25) is 5.95 Å². The van der Waals surface area contributed by atoms with E-state index in [4.69, 9.17) is 11.6 Å². The summed E-state index contributed by atoms with van der Waals surface area (Å²) >= 11 is 5.48. The molecule has 1 heterocycles. The molecule has 0 fully saturated rings. The zero-order chi connectivity index (χ0) is 9.97. The quantitative estimate of drug-likeness (QED) is 0.713. The number of para-hydroxylation sites is 1. The van der Waals surface area contributed by atoms with Crippen LogP contribution in [-0.4, -0.2) is 15.0 Å². The van der Waals surface area contributed by atoms with Crippen molar-refractivity contribution >= 4 is 11.6 Å². The smallest absolute Gasteiger partial charge is 0.186 e. The molecule has 0 unspecified atom stereocenters. The SMILES string of the molecule is Fc1c(CCl)nnn1-c1ccccc1. The highest BCUT2D eigenvalue weighted by atomic mass is 35.5. The van der Waals surface area contributed by atoms with E-state index >= 15 is 0 Å². The number of aromatic nitrogens is 3. The number of nitrogens with zero attached hydrogens (tertiary/aromatic N) is 3. The van der Waals surface area contributed by atoms with Gasteiger partial charge in [-0.15, -0.1) is 16.7 Å². The number of alkyl halides is 1. The Morgan fingerprint density at radius 3 is 2.57 bits per heavy atom. The van der Waals surface area contributed by atoms with Crippen molar-refractivity contribution in [1.29, 1.82) is 0 Å². The lowest BCUT2D eigenvalue weighted by atomic mass is 10.3. The zero-order valence-corrected chi connectivity index (χ0v) is 7.95. The van der Waals surface area contributed by atoms with E-state index in [2.05, 4.69) is 10.3 Å². The molecular weight excluding hydrogens is 205 g/mol. The van der Waals surface area contributed by atoms with E-state index in [0.29, 0.717) is 5.69 Å². The maximum absolute atomic E-state index is 13.5. The fraction of sp³-hybridized carbons (Fsp3) is 0.111. The van der Waals surface area contributed by atoms with E-state index in [1.54, 1.807) is 24.3 Å². The minimum Gasteiger partial charge on any atom is -0.186 e. The van der Waals surface area contributed by atoms with E-state index < -0.39 is 5.95 Å². The molecule has 2 aromatic rings. The van der Waals surface area contributed by atoms with Crippen LogP contribution in [0.5, 0.6) is 0 Å². The number of hydrogen-bond donors (Lipinski definition) is 0. The summed E-state index contributed by atoms with van der Waals surface area (Å²) in [7, 11) is 0. The molecule has 0 spiro atoms. The van der Waals surface area contributed by atoms with Gasteiger partial charge in [-0.1, -0.05) is 23.4 Å². The monoisotopic (exact) mass is 211 g/mol. The molecule has 0 saturated heterocycles. The second kappa shape index (κ2) is 3.75. The van der Waals surface area contributed by atoms with Crippen molar-refractivity contribution < 1.29 is 4.39 Å². The molecule has 0 amide bonds. The first-order chi connectivity index (χ1) is 6.83. The summed E-state index contributed by atoms with van der Waals surface area (Å²) < 4.78 is 14.6. The molecule has 72 valence electrons. The van der Waals surface area contributed by atoms with Gasteiger partial charge in [0.25, 0.3) is 0 Å². The highest BCUT2D eigenvalue weighted by Gasteiger charge is 2.11. The van der Waals surface area contributed by atoms with Crippen LogP contribution in [0.3, 0.4) is 0 Å². The van der Waals surface area contributed by atoms with E-state index in [9.17, 15) is 4.39 Å². The number of rotatable bonds is 2. The second-order valence-electron chi connectivity index (χ2n) is 2.71. The Balaban J connectivity index is 2.48. The summed E-state index contributed by atoms with van der Waals surface area (Å²) in [6.07, 6.45) is 0.